The molecule has 0 fully saturated rings. The Labute approximate surface area is 173 Å². The number of benzene rings is 2. The fourth-order valence-corrected chi connectivity index (χ4v) is 3.64. The molecule has 2 aromatic carbocycles. The van der Waals surface area contributed by atoms with Crippen molar-refractivity contribution in [2.45, 2.75) is 13.3 Å². The fraction of sp³-hybridized carbons (Fsp3) is 0.182. The van der Waals surface area contributed by atoms with Gasteiger partial charge in [0.05, 0.1) is 17.0 Å². The molecule has 3 N–H and O–H groups in total. The summed E-state index contributed by atoms with van der Waals surface area (Å²) in [5.41, 5.74) is 2.90. The van der Waals surface area contributed by atoms with Crippen LogP contribution in [0.3, 0.4) is 0 Å². The van der Waals surface area contributed by atoms with Gasteiger partial charge in [-0.05, 0) is 49.2 Å². The van der Waals surface area contributed by atoms with Crippen molar-refractivity contribution < 1.29 is 14.3 Å². The number of methoxy groups -OCH3 is 1. The lowest BCUT2D eigenvalue weighted by Gasteiger charge is -2.10. The average Bonchev–Trinajstić information content (AvgIpc) is 3.17. The highest BCUT2D eigenvalue weighted by Gasteiger charge is 2.11. The van der Waals surface area contributed by atoms with E-state index in [9.17, 15) is 9.59 Å². The lowest BCUT2D eigenvalue weighted by atomic mass is 10.1. The molecule has 7 heteroatoms. The molecule has 0 aliphatic rings. The molecule has 1 aromatic heterocycles. The molecule has 6 nitrogen and oxygen atoms in total. The zero-order chi connectivity index (χ0) is 20.6. The van der Waals surface area contributed by atoms with Crippen LogP contribution in [0.1, 0.15) is 20.8 Å². The summed E-state index contributed by atoms with van der Waals surface area (Å²) in [6.45, 7) is 2.52. The van der Waals surface area contributed by atoms with Gasteiger partial charge in [-0.25, -0.2) is 4.79 Å². The van der Waals surface area contributed by atoms with Gasteiger partial charge in [0.2, 0.25) is 0 Å². The summed E-state index contributed by atoms with van der Waals surface area (Å²) in [7, 11) is 1.64. The third-order valence-corrected chi connectivity index (χ3v) is 5.21. The minimum Gasteiger partial charge on any atom is -0.496 e. The Morgan fingerprint density at radius 3 is 2.55 bits per heavy atom. The van der Waals surface area contributed by atoms with Crippen molar-refractivity contribution in [2.75, 3.05) is 24.3 Å². The Morgan fingerprint density at radius 1 is 1.00 bits per heavy atom. The zero-order valence-corrected chi connectivity index (χ0v) is 17.1. The number of carbonyl (C=O) groups is 2. The summed E-state index contributed by atoms with van der Waals surface area (Å²) in [5.74, 6) is 0.648. The van der Waals surface area contributed by atoms with Gasteiger partial charge in [0.25, 0.3) is 5.91 Å². The van der Waals surface area contributed by atoms with Crippen molar-refractivity contribution in [1.82, 2.24) is 5.32 Å². The largest absolute Gasteiger partial charge is 0.496 e. The topological polar surface area (TPSA) is 79.5 Å². The van der Waals surface area contributed by atoms with Crippen molar-refractivity contribution in [3.8, 4) is 5.75 Å². The van der Waals surface area contributed by atoms with Crippen molar-refractivity contribution >= 4 is 34.0 Å². The van der Waals surface area contributed by atoms with Crippen LogP contribution in [0.25, 0.3) is 0 Å². The number of rotatable bonds is 7. The van der Waals surface area contributed by atoms with E-state index in [4.69, 9.17) is 4.74 Å². The molecule has 29 heavy (non-hydrogen) atoms. The van der Waals surface area contributed by atoms with E-state index in [1.54, 1.807) is 31.4 Å². The van der Waals surface area contributed by atoms with Gasteiger partial charge in [-0.1, -0.05) is 35.9 Å². The first-order valence-corrected chi connectivity index (χ1v) is 10.0. The van der Waals surface area contributed by atoms with E-state index < -0.39 is 0 Å². The van der Waals surface area contributed by atoms with Crippen LogP contribution in [-0.4, -0.2) is 25.6 Å². The summed E-state index contributed by atoms with van der Waals surface area (Å²) in [6.07, 6.45) is 0.673. The zero-order valence-electron chi connectivity index (χ0n) is 16.3. The minimum atomic E-state index is -0.350. The van der Waals surface area contributed by atoms with Gasteiger partial charge in [0.1, 0.15) is 5.75 Å². The van der Waals surface area contributed by atoms with Crippen molar-refractivity contribution in [1.29, 1.82) is 0 Å². The van der Waals surface area contributed by atoms with Crippen molar-refractivity contribution in [3.63, 3.8) is 0 Å². The molecule has 0 atom stereocenters. The molecule has 0 saturated heterocycles. The molecule has 0 aliphatic carbocycles. The Hall–Kier alpha value is -3.32. The lowest BCUT2D eigenvalue weighted by molar-refractivity contribution is 0.0958. The molecule has 150 valence electrons. The fourth-order valence-electron chi connectivity index (χ4n) is 2.82. The van der Waals surface area contributed by atoms with Gasteiger partial charge in [0.15, 0.2) is 0 Å². The number of carbonyl (C=O) groups excluding carboxylic acids is 2. The SMILES string of the molecule is COc1ccc(C)cc1CCNC(=O)c1ccc(NC(=O)Nc2ccccc2)s1. The van der Waals surface area contributed by atoms with E-state index in [1.165, 1.54) is 11.3 Å². The van der Waals surface area contributed by atoms with E-state index in [0.29, 0.717) is 28.5 Å². The maximum Gasteiger partial charge on any atom is 0.324 e. The van der Waals surface area contributed by atoms with Gasteiger partial charge in [-0.15, -0.1) is 11.3 Å². The van der Waals surface area contributed by atoms with Crippen molar-refractivity contribution in [2.24, 2.45) is 0 Å². The third kappa shape index (κ3) is 5.83. The molecule has 1 heterocycles. The first kappa shape index (κ1) is 20.4. The Bertz CT molecular complexity index is 986. The Balaban J connectivity index is 1.50. The van der Waals surface area contributed by atoms with Crippen LogP contribution < -0.4 is 20.7 Å². The number of para-hydroxylation sites is 1. The van der Waals surface area contributed by atoms with Crippen molar-refractivity contribution in [3.05, 3.63) is 76.7 Å². The van der Waals surface area contributed by atoms with E-state index in [0.717, 1.165) is 16.9 Å². The van der Waals surface area contributed by atoms with E-state index >= 15 is 0 Å². The monoisotopic (exact) mass is 409 g/mol. The summed E-state index contributed by atoms with van der Waals surface area (Å²) in [4.78, 5) is 25.0. The maximum absolute atomic E-state index is 12.4. The second-order valence-corrected chi connectivity index (χ2v) is 7.51. The van der Waals surface area contributed by atoms with Crippen LogP contribution >= 0.6 is 11.3 Å². The van der Waals surface area contributed by atoms with Gasteiger partial charge in [-0.2, -0.15) is 0 Å². The molecule has 0 aliphatic heterocycles. The van der Waals surface area contributed by atoms with Crippen LogP contribution in [0.2, 0.25) is 0 Å². The minimum absolute atomic E-state index is 0.168. The lowest BCUT2D eigenvalue weighted by Crippen LogP contribution is -2.25. The number of urea groups is 1. The normalized spacial score (nSPS) is 10.3. The number of anilines is 2. The van der Waals surface area contributed by atoms with Gasteiger partial charge in [-0.3, -0.25) is 10.1 Å². The van der Waals surface area contributed by atoms with Crippen LogP contribution in [0, 0.1) is 6.92 Å². The highest BCUT2D eigenvalue weighted by molar-refractivity contribution is 7.18. The quantitative estimate of drug-likeness (QED) is 0.530. The Morgan fingerprint density at radius 2 is 1.79 bits per heavy atom. The number of ether oxygens (including phenoxy) is 1. The number of aryl methyl sites for hydroxylation is 1. The molecule has 3 rings (SSSR count). The standard InChI is InChI=1S/C22H23N3O3S/c1-15-8-9-18(28-2)16(14-15)12-13-23-21(26)19-10-11-20(29-19)25-22(27)24-17-6-4-3-5-7-17/h3-11,14H,12-13H2,1-2H3,(H,23,26)(H2,24,25,27). The third-order valence-electron chi connectivity index (χ3n) is 4.21. The molecule has 3 aromatic rings. The molecule has 3 amide bonds. The molecule has 0 saturated carbocycles. The first-order chi connectivity index (χ1) is 14.0. The van der Waals surface area contributed by atoms with Crippen LogP contribution in [0.4, 0.5) is 15.5 Å². The van der Waals surface area contributed by atoms with Gasteiger partial charge < -0.3 is 15.4 Å². The number of hydrogen-bond donors (Lipinski definition) is 3. The highest BCUT2D eigenvalue weighted by atomic mass is 32.1. The number of nitrogens with one attached hydrogen (secondary N) is 3. The van der Waals surface area contributed by atoms with Gasteiger partial charge >= 0.3 is 6.03 Å². The maximum atomic E-state index is 12.4. The summed E-state index contributed by atoms with van der Waals surface area (Å²) >= 11 is 1.23. The van der Waals surface area contributed by atoms with Gasteiger partial charge in [0, 0.05) is 12.2 Å². The summed E-state index contributed by atoms with van der Waals surface area (Å²) in [5, 5.41) is 8.99. The second-order valence-electron chi connectivity index (χ2n) is 6.43. The average molecular weight is 410 g/mol. The number of amides is 3. The smallest absolute Gasteiger partial charge is 0.324 e. The van der Waals surface area contributed by atoms with Crippen LogP contribution in [-0.2, 0) is 6.42 Å². The molecule has 0 radical (unpaired) electrons. The van der Waals surface area contributed by atoms with E-state index in [-0.39, 0.29) is 11.9 Å². The van der Waals surface area contributed by atoms with Crippen LogP contribution in [0.15, 0.2) is 60.7 Å². The molecule has 0 unspecified atom stereocenters. The van der Waals surface area contributed by atoms with E-state index in [1.807, 2.05) is 37.3 Å². The summed E-state index contributed by atoms with van der Waals surface area (Å²) < 4.78 is 5.37. The Kier molecular flexibility index (Phi) is 6.86. The predicted octanol–water partition coefficient (Wildman–Crippen LogP) is 4.68. The molecule has 0 bridgehead atoms. The second kappa shape index (κ2) is 9.75. The highest BCUT2D eigenvalue weighted by Crippen LogP contribution is 2.23. The molecular weight excluding hydrogens is 386 g/mol. The first-order valence-electron chi connectivity index (χ1n) is 9.20. The number of thiophene rings is 1. The van der Waals surface area contributed by atoms with E-state index in [2.05, 4.69) is 22.0 Å². The molecule has 0 spiro atoms. The van der Waals surface area contributed by atoms with Crippen LogP contribution in [0.5, 0.6) is 5.75 Å². The summed E-state index contributed by atoms with van der Waals surface area (Å²) in [6, 6.07) is 18.2. The predicted molar refractivity (Wildman–Crippen MR) is 117 cm³/mol. The number of hydrogen-bond acceptors (Lipinski definition) is 4. The molecular formula is C22H23N3O3S.